The summed E-state index contributed by atoms with van der Waals surface area (Å²) in [5.74, 6) is 0. The minimum atomic E-state index is 0.321. The fourth-order valence-corrected chi connectivity index (χ4v) is 1.67. The standard InChI is InChI=1S/C8H16NO/c1-2-9-6-3-4-8(9)5-7-10/h8,10H,1-7H2. The van der Waals surface area contributed by atoms with Gasteiger partial charge in [-0.25, -0.2) is 0 Å². The lowest BCUT2D eigenvalue weighted by Gasteiger charge is -2.21. The molecule has 1 rings (SSSR count). The minimum Gasteiger partial charge on any atom is -0.396 e. The van der Waals surface area contributed by atoms with E-state index in [1.54, 1.807) is 0 Å². The molecule has 1 unspecified atom stereocenters. The number of rotatable bonds is 3. The van der Waals surface area contributed by atoms with E-state index in [0.29, 0.717) is 12.6 Å². The van der Waals surface area contributed by atoms with Gasteiger partial charge in [-0.1, -0.05) is 0 Å². The quantitative estimate of drug-likeness (QED) is 0.626. The molecule has 1 aliphatic rings. The molecule has 1 atom stereocenters. The Labute approximate surface area is 62.8 Å². The van der Waals surface area contributed by atoms with Crippen LogP contribution in [-0.4, -0.2) is 35.7 Å². The van der Waals surface area contributed by atoms with Crippen LogP contribution in [-0.2, 0) is 0 Å². The predicted octanol–water partition coefficient (Wildman–Crippen LogP) is 0.667. The lowest BCUT2D eigenvalue weighted by atomic mass is 10.1. The Morgan fingerprint density at radius 1 is 1.60 bits per heavy atom. The first-order valence-corrected chi connectivity index (χ1v) is 4.02. The van der Waals surface area contributed by atoms with Gasteiger partial charge < -0.3 is 10.0 Å². The predicted molar refractivity (Wildman–Crippen MR) is 41.7 cm³/mol. The van der Waals surface area contributed by atoms with Crippen molar-refractivity contribution < 1.29 is 5.11 Å². The monoisotopic (exact) mass is 142 g/mol. The SMILES string of the molecule is [CH2]CN1CCCC1CCO. The summed E-state index contributed by atoms with van der Waals surface area (Å²) >= 11 is 0. The highest BCUT2D eigenvalue weighted by atomic mass is 16.3. The second-order valence-electron chi connectivity index (χ2n) is 2.84. The Morgan fingerprint density at radius 3 is 3.00 bits per heavy atom. The van der Waals surface area contributed by atoms with Crippen LogP contribution in [0.2, 0.25) is 0 Å². The molecular formula is C8H16NO. The van der Waals surface area contributed by atoms with Crippen LogP contribution in [0.3, 0.4) is 0 Å². The third-order valence-electron chi connectivity index (χ3n) is 2.25. The first-order chi connectivity index (χ1) is 4.88. The molecule has 0 aromatic rings. The van der Waals surface area contributed by atoms with Crippen molar-refractivity contribution in [2.45, 2.75) is 25.3 Å². The lowest BCUT2D eigenvalue weighted by Crippen LogP contribution is -2.29. The maximum absolute atomic E-state index is 8.69. The summed E-state index contributed by atoms with van der Waals surface area (Å²) < 4.78 is 0. The number of likely N-dealkylation sites (tertiary alicyclic amines) is 1. The molecule has 0 aromatic carbocycles. The van der Waals surface area contributed by atoms with Crippen LogP contribution in [0, 0.1) is 6.92 Å². The van der Waals surface area contributed by atoms with Crippen molar-refractivity contribution in [1.82, 2.24) is 4.90 Å². The van der Waals surface area contributed by atoms with E-state index in [1.165, 1.54) is 19.4 Å². The molecule has 59 valence electrons. The van der Waals surface area contributed by atoms with Crippen molar-refractivity contribution >= 4 is 0 Å². The van der Waals surface area contributed by atoms with Gasteiger partial charge in [-0.15, -0.1) is 0 Å². The smallest absolute Gasteiger partial charge is 0.0445 e. The number of nitrogens with zero attached hydrogens (tertiary/aromatic N) is 1. The van der Waals surface area contributed by atoms with Gasteiger partial charge in [0.15, 0.2) is 0 Å². The zero-order valence-electron chi connectivity index (χ0n) is 6.42. The van der Waals surface area contributed by atoms with E-state index in [9.17, 15) is 0 Å². The van der Waals surface area contributed by atoms with Crippen molar-refractivity contribution in [1.29, 1.82) is 0 Å². The van der Waals surface area contributed by atoms with Gasteiger partial charge in [0.2, 0.25) is 0 Å². The van der Waals surface area contributed by atoms with Crippen LogP contribution in [0.1, 0.15) is 19.3 Å². The van der Waals surface area contributed by atoms with Crippen molar-refractivity contribution in [2.24, 2.45) is 0 Å². The summed E-state index contributed by atoms with van der Waals surface area (Å²) in [7, 11) is 0. The average Bonchev–Trinajstić information content (AvgIpc) is 2.36. The Hall–Kier alpha value is -0.0800. The van der Waals surface area contributed by atoms with E-state index in [0.717, 1.165) is 13.0 Å². The van der Waals surface area contributed by atoms with Crippen LogP contribution >= 0.6 is 0 Å². The van der Waals surface area contributed by atoms with Crippen molar-refractivity contribution in [3.05, 3.63) is 6.92 Å². The molecule has 0 saturated carbocycles. The van der Waals surface area contributed by atoms with E-state index in [1.807, 2.05) is 0 Å². The summed E-state index contributed by atoms with van der Waals surface area (Å²) in [6.07, 6.45) is 3.45. The van der Waals surface area contributed by atoms with Crippen molar-refractivity contribution in [2.75, 3.05) is 19.7 Å². The molecule has 1 heterocycles. The molecule has 0 aliphatic carbocycles. The van der Waals surface area contributed by atoms with Crippen molar-refractivity contribution in [3.8, 4) is 0 Å². The third-order valence-corrected chi connectivity index (χ3v) is 2.25. The molecule has 2 heteroatoms. The zero-order valence-corrected chi connectivity index (χ0v) is 6.42. The second-order valence-corrected chi connectivity index (χ2v) is 2.84. The van der Waals surface area contributed by atoms with Gasteiger partial charge in [0, 0.05) is 12.6 Å². The highest BCUT2D eigenvalue weighted by Crippen LogP contribution is 2.18. The topological polar surface area (TPSA) is 23.5 Å². The summed E-state index contributed by atoms with van der Waals surface area (Å²) in [5.41, 5.74) is 0. The number of aliphatic hydroxyl groups is 1. The molecule has 1 N–H and O–H groups in total. The Morgan fingerprint density at radius 2 is 2.40 bits per heavy atom. The molecule has 2 nitrogen and oxygen atoms in total. The second kappa shape index (κ2) is 3.94. The Kier molecular flexibility index (Phi) is 3.16. The number of hydrogen-bond donors (Lipinski definition) is 1. The first kappa shape index (κ1) is 8.02. The summed E-state index contributed by atoms with van der Waals surface area (Å²) in [6, 6.07) is 0.613. The molecular weight excluding hydrogens is 126 g/mol. The maximum Gasteiger partial charge on any atom is 0.0445 e. The fourth-order valence-electron chi connectivity index (χ4n) is 1.67. The van der Waals surface area contributed by atoms with Gasteiger partial charge in [0.05, 0.1) is 0 Å². The van der Waals surface area contributed by atoms with E-state index < -0.39 is 0 Å². The van der Waals surface area contributed by atoms with E-state index in [-0.39, 0.29) is 0 Å². The fraction of sp³-hybridized carbons (Fsp3) is 0.875. The average molecular weight is 142 g/mol. The van der Waals surface area contributed by atoms with Gasteiger partial charge in [0.25, 0.3) is 0 Å². The Bertz CT molecular complexity index is 95.3. The zero-order chi connectivity index (χ0) is 7.40. The molecule has 1 saturated heterocycles. The minimum absolute atomic E-state index is 0.321. The molecule has 1 radical (unpaired) electrons. The molecule has 1 fully saturated rings. The molecule has 0 aromatic heterocycles. The van der Waals surface area contributed by atoms with Gasteiger partial charge in [-0.05, 0) is 39.3 Å². The first-order valence-electron chi connectivity index (χ1n) is 4.02. The summed E-state index contributed by atoms with van der Waals surface area (Å²) in [5, 5.41) is 8.69. The van der Waals surface area contributed by atoms with E-state index >= 15 is 0 Å². The normalized spacial score (nSPS) is 27.6. The van der Waals surface area contributed by atoms with Crippen LogP contribution in [0.25, 0.3) is 0 Å². The van der Waals surface area contributed by atoms with Gasteiger partial charge in [-0.2, -0.15) is 0 Å². The number of hydrogen-bond acceptors (Lipinski definition) is 2. The molecule has 10 heavy (non-hydrogen) atoms. The van der Waals surface area contributed by atoms with Gasteiger partial charge in [-0.3, -0.25) is 0 Å². The largest absolute Gasteiger partial charge is 0.396 e. The Balaban J connectivity index is 2.27. The lowest BCUT2D eigenvalue weighted by molar-refractivity contribution is 0.207. The summed E-state index contributed by atoms with van der Waals surface area (Å²) in [6.45, 7) is 6.23. The van der Waals surface area contributed by atoms with Gasteiger partial charge >= 0.3 is 0 Å². The number of aliphatic hydroxyl groups excluding tert-OH is 1. The van der Waals surface area contributed by atoms with Gasteiger partial charge in [0.1, 0.15) is 0 Å². The van der Waals surface area contributed by atoms with Crippen LogP contribution < -0.4 is 0 Å². The molecule has 0 amide bonds. The molecule has 1 aliphatic heterocycles. The van der Waals surface area contributed by atoms with Crippen molar-refractivity contribution in [3.63, 3.8) is 0 Å². The van der Waals surface area contributed by atoms with Crippen LogP contribution in [0.15, 0.2) is 0 Å². The summed E-state index contributed by atoms with van der Waals surface area (Å²) in [4.78, 5) is 2.34. The highest BCUT2D eigenvalue weighted by molar-refractivity contribution is 4.78. The van der Waals surface area contributed by atoms with Crippen LogP contribution in [0.5, 0.6) is 0 Å². The third kappa shape index (κ3) is 1.70. The highest BCUT2D eigenvalue weighted by Gasteiger charge is 2.21. The maximum atomic E-state index is 8.69. The van der Waals surface area contributed by atoms with E-state index in [4.69, 9.17) is 5.11 Å². The molecule has 0 bridgehead atoms. The van der Waals surface area contributed by atoms with Crippen LogP contribution in [0.4, 0.5) is 0 Å². The molecule has 0 spiro atoms. The van der Waals surface area contributed by atoms with E-state index in [2.05, 4.69) is 11.8 Å².